The molecule has 1 aromatic heterocycles. The molecule has 0 bridgehead atoms. The van der Waals surface area contributed by atoms with Gasteiger partial charge < -0.3 is 14.6 Å². The van der Waals surface area contributed by atoms with E-state index in [0.717, 1.165) is 12.1 Å². The summed E-state index contributed by atoms with van der Waals surface area (Å²) in [6, 6.07) is 17.1. The predicted molar refractivity (Wildman–Crippen MR) is 125 cm³/mol. The molecule has 3 aliphatic heterocycles. The molecular weight excluding hydrogens is 433 g/mol. The third-order valence-electron chi connectivity index (χ3n) is 7.76. The van der Waals surface area contributed by atoms with Gasteiger partial charge in [0.2, 0.25) is 5.91 Å². The maximum absolute atomic E-state index is 13.5. The van der Waals surface area contributed by atoms with Crippen molar-refractivity contribution in [3.63, 3.8) is 0 Å². The van der Waals surface area contributed by atoms with Gasteiger partial charge in [-0.25, -0.2) is 4.39 Å². The highest BCUT2D eigenvalue weighted by Gasteiger charge is 2.51. The normalized spacial score (nSPS) is 25.1. The Hall–Kier alpha value is -3.29. The molecule has 4 atom stereocenters. The highest BCUT2D eigenvalue weighted by Crippen LogP contribution is 2.43. The lowest BCUT2D eigenvalue weighted by Gasteiger charge is -2.33. The Balaban J connectivity index is 1.27. The predicted octanol–water partition coefficient (Wildman–Crippen LogP) is 2.49. The van der Waals surface area contributed by atoms with Crippen molar-refractivity contribution in [2.24, 2.45) is 11.8 Å². The van der Waals surface area contributed by atoms with Crippen LogP contribution in [-0.4, -0.2) is 39.7 Å². The lowest BCUT2D eigenvalue weighted by atomic mass is 9.87. The molecule has 0 aliphatic carbocycles. The molecule has 174 valence electrons. The van der Waals surface area contributed by atoms with Crippen molar-refractivity contribution in [3.05, 3.63) is 93.7 Å². The number of benzene rings is 2. The molecule has 3 aliphatic rings. The van der Waals surface area contributed by atoms with Crippen molar-refractivity contribution in [1.82, 2.24) is 14.8 Å². The van der Waals surface area contributed by atoms with Crippen molar-refractivity contribution in [3.8, 4) is 11.1 Å². The number of hydrogen-bond donors (Lipinski definition) is 2. The number of nitrogens with one attached hydrogen (secondary N) is 1. The van der Waals surface area contributed by atoms with Crippen molar-refractivity contribution < 1.29 is 14.3 Å². The zero-order valence-electron chi connectivity index (χ0n) is 18.7. The number of nitrogens with zero attached hydrogens (tertiary/aromatic N) is 2. The number of aromatic nitrogens is 1. The fourth-order valence-electron chi connectivity index (χ4n) is 5.97. The first-order valence-electron chi connectivity index (χ1n) is 11.8. The van der Waals surface area contributed by atoms with Gasteiger partial charge in [0.25, 0.3) is 5.56 Å². The van der Waals surface area contributed by atoms with E-state index in [1.165, 1.54) is 23.3 Å². The van der Waals surface area contributed by atoms with E-state index in [2.05, 4.69) is 17.4 Å². The molecular formula is C27H26FN3O3. The summed E-state index contributed by atoms with van der Waals surface area (Å²) in [6.07, 6.45) is 0.829. The molecule has 3 aromatic rings. The highest BCUT2D eigenvalue weighted by atomic mass is 19.1. The molecule has 6 rings (SSSR count). The average Bonchev–Trinajstić information content (AvgIpc) is 3.41. The number of aliphatic hydroxyl groups is 1. The molecule has 2 N–H and O–H groups in total. The van der Waals surface area contributed by atoms with E-state index < -0.39 is 6.04 Å². The number of carbonyl (C=O) groups is 1. The molecule has 0 saturated carbocycles. The number of hydrogen-bond acceptors (Lipinski definition) is 4. The first kappa shape index (κ1) is 21.3. The molecule has 4 heterocycles. The minimum atomic E-state index is -0.481. The van der Waals surface area contributed by atoms with Gasteiger partial charge >= 0.3 is 0 Å². The zero-order chi connectivity index (χ0) is 23.4. The molecule has 0 spiro atoms. The number of amides is 1. The average molecular weight is 460 g/mol. The summed E-state index contributed by atoms with van der Waals surface area (Å²) in [5, 5.41) is 13.7. The van der Waals surface area contributed by atoms with Gasteiger partial charge in [0.05, 0.1) is 12.1 Å². The molecule has 34 heavy (non-hydrogen) atoms. The molecule has 2 aromatic carbocycles. The van der Waals surface area contributed by atoms with Crippen LogP contribution in [0.4, 0.5) is 4.39 Å². The Kier molecular flexibility index (Phi) is 5.12. The van der Waals surface area contributed by atoms with Crippen LogP contribution in [0.3, 0.4) is 0 Å². The van der Waals surface area contributed by atoms with Gasteiger partial charge in [0.15, 0.2) is 0 Å². The van der Waals surface area contributed by atoms with Crippen LogP contribution in [0, 0.1) is 17.7 Å². The van der Waals surface area contributed by atoms with E-state index in [0.29, 0.717) is 30.8 Å². The standard InChI is InChI=1S/C27H26FN3O3/c28-19-7-5-17(6-8-19)20-9-10-23-24-21(14-31(23)26(20)33)22(15-32)25(29-24)27(34)30-12-11-16-3-1-2-4-18(16)13-30/h1-10,21-22,24-25,29,32H,11-15H2/t21-,22-,24+,25-/m0/s1. The summed E-state index contributed by atoms with van der Waals surface area (Å²) in [7, 11) is 0. The fourth-order valence-corrected chi connectivity index (χ4v) is 5.97. The zero-order valence-corrected chi connectivity index (χ0v) is 18.7. The minimum Gasteiger partial charge on any atom is -0.396 e. The maximum atomic E-state index is 13.5. The van der Waals surface area contributed by atoms with Gasteiger partial charge in [-0.1, -0.05) is 36.4 Å². The second-order valence-corrected chi connectivity index (χ2v) is 9.51. The molecule has 1 amide bonds. The Morgan fingerprint density at radius 3 is 2.59 bits per heavy atom. The third kappa shape index (κ3) is 3.30. The van der Waals surface area contributed by atoms with Crippen LogP contribution in [0.25, 0.3) is 11.1 Å². The third-order valence-corrected chi connectivity index (χ3v) is 7.76. The summed E-state index contributed by atoms with van der Waals surface area (Å²) in [5.74, 6) is -0.655. The molecule has 1 saturated heterocycles. The smallest absolute Gasteiger partial charge is 0.258 e. The van der Waals surface area contributed by atoms with Crippen LogP contribution >= 0.6 is 0 Å². The van der Waals surface area contributed by atoms with E-state index >= 15 is 0 Å². The lowest BCUT2D eigenvalue weighted by molar-refractivity contribution is -0.135. The summed E-state index contributed by atoms with van der Waals surface area (Å²) in [5.41, 5.74) is 4.34. The van der Waals surface area contributed by atoms with Crippen LogP contribution in [0.5, 0.6) is 0 Å². The number of pyridine rings is 1. The van der Waals surface area contributed by atoms with Crippen LogP contribution in [0.2, 0.25) is 0 Å². The second-order valence-electron chi connectivity index (χ2n) is 9.51. The molecule has 7 heteroatoms. The number of aliphatic hydroxyl groups excluding tert-OH is 1. The van der Waals surface area contributed by atoms with Crippen LogP contribution in [0.15, 0.2) is 65.5 Å². The van der Waals surface area contributed by atoms with Gasteiger partial charge in [0, 0.05) is 49.3 Å². The first-order valence-corrected chi connectivity index (χ1v) is 11.8. The molecule has 0 radical (unpaired) electrons. The first-order chi connectivity index (χ1) is 16.5. The SMILES string of the molecule is O=C([C@H]1N[C@H]2c3ccc(-c4ccc(F)cc4)c(=O)n3C[C@H]2[C@@H]1CO)N1CCc2ccccc2C1. The van der Waals surface area contributed by atoms with Gasteiger partial charge in [-0.05, 0) is 47.4 Å². The Labute approximate surface area is 196 Å². The van der Waals surface area contributed by atoms with Gasteiger partial charge in [0.1, 0.15) is 5.82 Å². The highest BCUT2D eigenvalue weighted by molar-refractivity contribution is 5.83. The van der Waals surface area contributed by atoms with Crippen LogP contribution < -0.4 is 10.9 Å². The van der Waals surface area contributed by atoms with E-state index in [-0.39, 0.29) is 41.8 Å². The Bertz CT molecular complexity index is 1320. The van der Waals surface area contributed by atoms with Gasteiger partial charge in [-0.3, -0.25) is 14.9 Å². The summed E-state index contributed by atoms with van der Waals surface area (Å²) >= 11 is 0. The number of halogens is 1. The Morgan fingerprint density at radius 2 is 1.82 bits per heavy atom. The summed E-state index contributed by atoms with van der Waals surface area (Å²) < 4.78 is 15.1. The van der Waals surface area contributed by atoms with E-state index in [1.54, 1.807) is 22.8 Å². The molecule has 6 nitrogen and oxygen atoms in total. The van der Waals surface area contributed by atoms with Crippen LogP contribution in [0.1, 0.15) is 22.9 Å². The van der Waals surface area contributed by atoms with Crippen LogP contribution in [-0.2, 0) is 24.3 Å². The second kappa shape index (κ2) is 8.18. The van der Waals surface area contributed by atoms with Crippen molar-refractivity contribution in [2.45, 2.75) is 31.6 Å². The largest absolute Gasteiger partial charge is 0.396 e. The summed E-state index contributed by atoms with van der Waals surface area (Å²) in [6.45, 7) is 1.57. The maximum Gasteiger partial charge on any atom is 0.258 e. The lowest BCUT2D eigenvalue weighted by Crippen LogP contribution is -2.49. The summed E-state index contributed by atoms with van der Waals surface area (Å²) in [4.78, 5) is 28.6. The molecule has 0 unspecified atom stereocenters. The number of rotatable bonds is 3. The topological polar surface area (TPSA) is 74.6 Å². The van der Waals surface area contributed by atoms with Gasteiger partial charge in [-0.2, -0.15) is 0 Å². The fraction of sp³-hybridized carbons (Fsp3) is 0.333. The van der Waals surface area contributed by atoms with E-state index in [4.69, 9.17) is 0 Å². The van der Waals surface area contributed by atoms with Gasteiger partial charge in [-0.15, -0.1) is 0 Å². The van der Waals surface area contributed by atoms with E-state index in [1.807, 2.05) is 23.1 Å². The number of carbonyl (C=O) groups excluding carboxylic acids is 1. The van der Waals surface area contributed by atoms with Crippen molar-refractivity contribution in [1.29, 1.82) is 0 Å². The molecule has 1 fully saturated rings. The van der Waals surface area contributed by atoms with Crippen molar-refractivity contribution in [2.75, 3.05) is 13.2 Å². The van der Waals surface area contributed by atoms with E-state index in [9.17, 15) is 19.1 Å². The minimum absolute atomic E-state index is 0.0137. The quantitative estimate of drug-likeness (QED) is 0.631. The Morgan fingerprint density at radius 1 is 1.06 bits per heavy atom. The number of fused-ring (bicyclic) bond motifs is 4. The monoisotopic (exact) mass is 459 g/mol. The van der Waals surface area contributed by atoms with Crippen molar-refractivity contribution >= 4 is 5.91 Å².